The Hall–Kier alpha value is -1.14. The Kier molecular flexibility index (Phi) is 54.5. The molecular weight excluding hydrogens is 803 g/mol. The van der Waals surface area contributed by atoms with E-state index in [9.17, 15) is 19.8 Å². The molecule has 0 aromatic carbocycles. The molecule has 65 heavy (non-hydrogen) atoms. The van der Waals surface area contributed by atoms with Crippen molar-refractivity contribution in [2.75, 3.05) is 13.2 Å². The third kappa shape index (κ3) is 52.1. The normalized spacial score (nSPS) is 12.5. The van der Waals surface area contributed by atoms with Gasteiger partial charge in [0.1, 0.15) is 0 Å². The summed E-state index contributed by atoms with van der Waals surface area (Å²) in [7, 11) is 0. The summed E-state index contributed by atoms with van der Waals surface area (Å²) in [6, 6.07) is -0.543. The molecule has 0 aliphatic rings. The fraction of sp³-hybridized carbons (Fsp3) is 0.966. The lowest BCUT2D eigenvalue weighted by Gasteiger charge is -2.22. The second kappa shape index (κ2) is 55.5. The quantitative estimate of drug-likeness (QED) is 0.0417. The van der Waals surface area contributed by atoms with E-state index in [1.54, 1.807) is 0 Å². The van der Waals surface area contributed by atoms with Gasteiger partial charge in [-0.15, -0.1) is 0 Å². The van der Waals surface area contributed by atoms with Crippen LogP contribution < -0.4 is 5.32 Å². The lowest BCUT2D eigenvalue weighted by molar-refractivity contribution is -0.143. The van der Waals surface area contributed by atoms with Gasteiger partial charge in [-0.05, 0) is 25.7 Å². The standard InChI is InChI=1S/C59H117NO5/c1-3-5-7-9-11-13-15-17-18-19-22-25-29-33-37-41-45-49-53-59(64)65-54-50-46-42-38-34-30-26-23-20-21-24-28-32-36-40-44-48-52-58(63)60-56(55-61)57(62)51-47-43-39-35-31-27-16-14-12-10-8-6-4-2/h56-57,61-62H,3-55H2,1-2H3,(H,60,63). The average Bonchev–Trinajstić information content (AvgIpc) is 3.31. The van der Waals surface area contributed by atoms with Gasteiger partial charge in [0, 0.05) is 12.8 Å². The molecular formula is C59H117NO5. The van der Waals surface area contributed by atoms with Gasteiger partial charge in [-0.3, -0.25) is 9.59 Å². The number of aliphatic hydroxyl groups excluding tert-OH is 2. The number of carbonyl (C=O) groups is 2. The third-order valence-electron chi connectivity index (χ3n) is 14.2. The van der Waals surface area contributed by atoms with Gasteiger partial charge >= 0.3 is 5.97 Å². The van der Waals surface area contributed by atoms with Crippen LogP contribution in [0.4, 0.5) is 0 Å². The fourth-order valence-electron chi connectivity index (χ4n) is 9.58. The molecule has 0 aromatic rings. The number of amides is 1. The minimum absolute atomic E-state index is 0.0107. The summed E-state index contributed by atoms with van der Waals surface area (Å²) in [6.07, 6.45) is 63.8. The Labute approximate surface area is 406 Å². The van der Waals surface area contributed by atoms with Gasteiger partial charge in [0.05, 0.1) is 25.4 Å². The summed E-state index contributed by atoms with van der Waals surface area (Å²) in [4.78, 5) is 24.5. The zero-order valence-electron chi connectivity index (χ0n) is 44.3. The summed E-state index contributed by atoms with van der Waals surface area (Å²) in [6.45, 7) is 4.97. The van der Waals surface area contributed by atoms with Crippen LogP contribution in [0.15, 0.2) is 0 Å². The Morgan fingerprint density at radius 2 is 0.631 bits per heavy atom. The number of carbonyl (C=O) groups excluding carboxylic acids is 2. The summed E-state index contributed by atoms with van der Waals surface area (Å²) in [5.74, 6) is -0.0274. The van der Waals surface area contributed by atoms with E-state index in [0.717, 1.165) is 38.5 Å². The van der Waals surface area contributed by atoms with Gasteiger partial charge in [0.15, 0.2) is 0 Å². The van der Waals surface area contributed by atoms with Crippen LogP contribution in [0.1, 0.15) is 341 Å². The molecule has 0 aromatic heterocycles. The number of aliphatic hydroxyl groups is 2. The summed E-state index contributed by atoms with van der Waals surface area (Å²) < 4.78 is 5.49. The van der Waals surface area contributed by atoms with Crippen LogP contribution in [0, 0.1) is 0 Å². The number of nitrogens with one attached hydrogen (secondary N) is 1. The lowest BCUT2D eigenvalue weighted by Crippen LogP contribution is -2.45. The molecule has 0 rings (SSSR count). The van der Waals surface area contributed by atoms with Crippen LogP contribution >= 0.6 is 0 Å². The zero-order chi connectivity index (χ0) is 47.2. The minimum Gasteiger partial charge on any atom is -0.466 e. The highest BCUT2D eigenvalue weighted by Crippen LogP contribution is 2.18. The molecule has 2 unspecified atom stereocenters. The lowest BCUT2D eigenvalue weighted by atomic mass is 10.0. The molecule has 0 aliphatic carbocycles. The monoisotopic (exact) mass is 920 g/mol. The fourth-order valence-corrected chi connectivity index (χ4v) is 9.58. The Morgan fingerprint density at radius 3 is 0.938 bits per heavy atom. The highest BCUT2D eigenvalue weighted by molar-refractivity contribution is 5.76. The summed E-state index contributed by atoms with van der Waals surface area (Å²) in [5, 5.41) is 23.2. The highest BCUT2D eigenvalue weighted by Gasteiger charge is 2.20. The number of hydrogen-bond acceptors (Lipinski definition) is 5. The summed E-state index contributed by atoms with van der Waals surface area (Å²) >= 11 is 0. The second-order valence-corrected chi connectivity index (χ2v) is 20.7. The van der Waals surface area contributed by atoms with Gasteiger partial charge in [-0.25, -0.2) is 0 Å². The number of hydrogen-bond donors (Lipinski definition) is 3. The van der Waals surface area contributed by atoms with Crippen molar-refractivity contribution in [3.63, 3.8) is 0 Å². The molecule has 6 nitrogen and oxygen atoms in total. The molecule has 0 saturated carbocycles. The number of unbranched alkanes of at least 4 members (excludes halogenated alkanes) is 45. The molecule has 0 saturated heterocycles. The van der Waals surface area contributed by atoms with E-state index in [2.05, 4.69) is 19.2 Å². The average molecular weight is 921 g/mol. The number of esters is 1. The second-order valence-electron chi connectivity index (χ2n) is 20.7. The van der Waals surface area contributed by atoms with Gasteiger partial charge in [-0.1, -0.05) is 303 Å². The molecule has 3 N–H and O–H groups in total. The van der Waals surface area contributed by atoms with Crippen molar-refractivity contribution in [1.29, 1.82) is 0 Å². The van der Waals surface area contributed by atoms with Crippen LogP contribution in [-0.4, -0.2) is 47.4 Å². The van der Waals surface area contributed by atoms with E-state index in [1.165, 1.54) is 270 Å². The van der Waals surface area contributed by atoms with Crippen molar-refractivity contribution in [2.24, 2.45) is 0 Å². The number of rotatable bonds is 56. The zero-order valence-corrected chi connectivity index (χ0v) is 44.3. The maximum atomic E-state index is 12.5. The first-order chi connectivity index (χ1) is 32.0. The Balaban J connectivity index is 3.37. The van der Waals surface area contributed by atoms with Crippen LogP contribution in [-0.2, 0) is 14.3 Å². The van der Waals surface area contributed by atoms with Crippen molar-refractivity contribution in [3.8, 4) is 0 Å². The third-order valence-corrected chi connectivity index (χ3v) is 14.2. The first-order valence-corrected chi connectivity index (χ1v) is 29.8. The SMILES string of the molecule is CCCCCCCCCCCCCCCCCCCCC(=O)OCCCCCCCCCCCCCCCCCCCC(=O)NC(CO)C(O)CCCCCCCCCCCCCCC. The van der Waals surface area contributed by atoms with E-state index in [-0.39, 0.29) is 18.5 Å². The first-order valence-electron chi connectivity index (χ1n) is 29.8. The van der Waals surface area contributed by atoms with Gasteiger partial charge in [0.25, 0.3) is 0 Å². The molecule has 388 valence electrons. The molecule has 0 aliphatic heterocycles. The molecule has 2 atom stereocenters. The maximum Gasteiger partial charge on any atom is 0.305 e. The van der Waals surface area contributed by atoms with Gasteiger partial charge in [-0.2, -0.15) is 0 Å². The van der Waals surface area contributed by atoms with Crippen molar-refractivity contribution in [1.82, 2.24) is 5.32 Å². The molecule has 0 spiro atoms. The van der Waals surface area contributed by atoms with Crippen LogP contribution in [0.2, 0.25) is 0 Å². The van der Waals surface area contributed by atoms with Crippen LogP contribution in [0.25, 0.3) is 0 Å². The topological polar surface area (TPSA) is 95.9 Å². The number of ether oxygens (including phenoxy) is 1. The molecule has 0 radical (unpaired) electrons. The molecule has 1 amide bonds. The van der Waals surface area contributed by atoms with Crippen molar-refractivity contribution >= 4 is 11.9 Å². The van der Waals surface area contributed by atoms with Crippen molar-refractivity contribution < 1.29 is 24.5 Å². The molecule has 6 heteroatoms. The van der Waals surface area contributed by atoms with Crippen LogP contribution in [0.5, 0.6) is 0 Å². The van der Waals surface area contributed by atoms with E-state index < -0.39 is 12.1 Å². The van der Waals surface area contributed by atoms with E-state index in [1.807, 2.05) is 0 Å². The highest BCUT2D eigenvalue weighted by atomic mass is 16.5. The molecule has 0 fully saturated rings. The Morgan fingerprint density at radius 1 is 0.369 bits per heavy atom. The van der Waals surface area contributed by atoms with E-state index >= 15 is 0 Å². The molecule has 0 bridgehead atoms. The predicted molar refractivity (Wildman–Crippen MR) is 283 cm³/mol. The smallest absolute Gasteiger partial charge is 0.305 e. The van der Waals surface area contributed by atoms with E-state index in [4.69, 9.17) is 4.74 Å². The minimum atomic E-state index is -0.666. The molecule has 0 heterocycles. The maximum absolute atomic E-state index is 12.5. The van der Waals surface area contributed by atoms with Crippen LogP contribution in [0.3, 0.4) is 0 Å². The summed E-state index contributed by atoms with van der Waals surface area (Å²) in [5.41, 5.74) is 0. The van der Waals surface area contributed by atoms with Crippen molar-refractivity contribution in [2.45, 2.75) is 353 Å². The van der Waals surface area contributed by atoms with E-state index in [0.29, 0.717) is 25.9 Å². The first kappa shape index (κ1) is 63.9. The van der Waals surface area contributed by atoms with Gasteiger partial charge < -0.3 is 20.3 Å². The van der Waals surface area contributed by atoms with Crippen molar-refractivity contribution in [3.05, 3.63) is 0 Å². The largest absolute Gasteiger partial charge is 0.466 e. The Bertz CT molecular complexity index is 928. The predicted octanol–water partition coefficient (Wildman–Crippen LogP) is 18.3. The van der Waals surface area contributed by atoms with Gasteiger partial charge in [0.2, 0.25) is 5.91 Å².